The van der Waals surface area contributed by atoms with E-state index in [1.165, 1.54) is 0 Å². The molecule has 0 saturated heterocycles. The van der Waals surface area contributed by atoms with Crippen LogP contribution in [0.2, 0.25) is 0 Å². The van der Waals surface area contributed by atoms with E-state index in [9.17, 15) is 19.8 Å². The molecule has 0 bridgehead atoms. The maximum atomic E-state index is 13.1. The number of allylic oxidation sites excluding steroid dienone is 4. The summed E-state index contributed by atoms with van der Waals surface area (Å²) in [5.74, 6) is -0.990. The van der Waals surface area contributed by atoms with Gasteiger partial charge in [-0.1, -0.05) is 39.8 Å². The fraction of sp³-hybridized carbons (Fsp3) is 0.500. The van der Waals surface area contributed by atoms with Gasteiger partial charge in [-0.25, -0.2) is 0 Å². The Kier molecular flexibility index (Phi) is 5.74. The highest BCUT2D eigenvalue weighted by Crippen LogP contribution is 2.47. The molecule has 0 aromatic heterocycles. The fourth-order valence-corrected chi connectivity index (χ4v) is 4.94. The Morgan fingerprint density at radius 2 is 1.21 bits per heavy atom. The summed E-state index contributed by atoms with van der Waals surface area (Å²) in [7, 11) is 0. The summed E-state index contributed by atoms with van der Waals surface area (Å²) >= 11 is 1.61. The van der Waals surface area contributed by atoms with Crippen molar-refractivity contribution < 1.29 is 19.8 Å². The van der Waals surface area contributed by atoms with Gasteiger partial charge in [0.1, 0.15) is 11.5 Å². The van der Waals surface area contributed by atoms with Crippen molar-refractivity contribution in [1.82, 2.24) is 0 Å². The van der Waals surface area contributed by atoms with Crippen molar-refractivity contribution in [3.05, 3.63) is 52.5 Å². The van der Waals surface area contributed by atoms with Crippen LogP contribution in [0, 0.1) is 10.8 Å². The van der Waals surface area contributed by atoms with Gasteiger partial charge in [-0.3, -0.25) is 9.59 Å². The number of carbonyl (C=O) groups excluding carboxylic acids is 2. The number of benzene rings is 1. The van der Waals surface area contributed by atoms with Crippen molar-refractivity contribution in [1.29, 1.82) is 0 Å². The van der Waals surface area contributed by atoms with Crippen molar-refractivity contribution in [3.8, 4) is 0 Å². The normalized spacial score (nSPS) is 21.9. The van der Waals surface area contributed by atoms with Crippen LogP contribution in [0.1, 0.15) is 64.9 Å². The zero-order valence-corrected chi connectivity index (χ0v) is 18.7. The SMILES string of the molecule is CSc1ccc(C(C2=C(O)CC(C)(C)CC2=O)C2=C(O)CC(C)(C)CC2=O)cc1. The molecule has 29 heavy (non-hydrogen) atoms. The summed E-state index contributed by atoms with van der Waals surface area (Å²) in [5, 5.41) is 21.7. The minimum Gasteiger partial charge on any atom is -0.512 e. The minimum absolute atomic E-state index is 0.0307. The Morgan fingerprint density at radius 1 is 0.793 bits per heavy atom. The molecule has 4 nitrogen and oxygen atoms in total. The molecule has 2 aliphatic carbocycles. The van der Waals surface area contributed by atoms with Crippen LogP contribution in [0.5, 0.6) is 0 Å². The zero-order valence-electron chi connectivity index (χ0n) is 17.8. The maximum absolute atomic E-state index is 13.1. The summed E-state index contributed by atoms with van der Waals surface area (Å²) in [5.41, 5.74) is 0.610. The van der Waals surface area contributed by atoms with Crippen molar-refractivity contribution in [2.75, 3.05) is 6.26 Å². The Balaban J connectivity index is 2.20. The van der Waals surface area contributed by atoms with Crippen LogP contribution in [0.15, 0.2) is 51.8 Å². The van der Waals surface area contributed by atoms with E-state index in [2.05, 4.69) is 0 Å². The van der Waals surface area contributed by atoms with Gasteiger partial charge in [0.15, 0.2) is 11.6 Å². The van der Waals surface area contributed by atoms with Gasteiger partial charge in [0.2, 0.25) is 0 Å². The minimum atomic E-state index is -0.738. The van der Waals surface area contributed by atoms with Gasteiger partial charge in [-0.15, -0.1) is 11.8 Å². The first-order chi connectivity index (χ1) is 13.4. The van der Waals surface area contributed by atoms with Crippen LogP contribution in [0.3, 0.4) is 0 Å². The number of aliphatic hydroxyl groups excluding tert-OH is 2. The molecule has 0 spiro atoms. The van der Waals surface area contributed by atoms with Crippen LogP contribution in [-0.2, 0) is 9.59 Å². The van der Waals surface area contributed by atoms with E-state index in [0.717, 1.165) is 10.5 Å². The maximum Gasteiger partial charge on any atom is 0.163 e. The lowest BCUT2D eigenvalue weighted by molar-refractivity contribution is -0.119. The smallest absolute Gasteiger partial charge is 0.163 e. The van der Waals surface area contributed by atoms with Crippen molar-refractivity contribution in [2.45, 2.75) is 64.2 Å². The highest BCUT2D eigenvalue weighted by molar-refractivity contribution is 7.98. The highest BCUT2D eigenvalue weighted by Gasteiger charge is 2.43. The molecule has 0 aliphatic heterocycles. The monoisotopic (exact) mass is 414 g/mol. The van der Waals surface area contributed by atoms with E-state index >= 15 is 0 Å². The van der Waals surface area contributed by atoms with Gasteiger partial charge in [0.25, 0.3) is 0 Å². The lowest BCUT2D eigenvalue weighted by atomic mass is 9.67. The lowest BCUT2D eigenvalue weighted by Gasteiger charge is -2.36. The quantitative estimate of drug-likeness (QED) is 0.601. The molecule has 0 fully saturated rings. The van der Waals surface area contributed by atoms with Gasteiger partial charge in [-0.2, -0.15) is 0 Å². The van der Waals surface area contributed by atoms with Crippen LogP contribution in [-0.4, -0.2) is 28.0 Å². The van der Waals surface area contributed by atoms with Gasteiger partial charge < -0.3 is 10.2 Å². The highest BCUT2D eigenvalue weighted by atomic mass is 32.2. The lowest BCUT2D eigenvalue weighted by Crippen LogP contribution is -2.33. The second-order valence-corrected chi connectivity index (χ2v) is 10.7. The Hall–Kier alpha value is -2.01. The predicted octanol–water partition coefficient (Wildman–Crippen LogP) is 5.89. The Morgan fingerprint density at radius 3 is 1.55 bits per heavy atom. The van der Waals surface area contributed by atoms with E-state index in [1.807, 2.05) is 58.2 Å². The predicted molar refractivity (Wildman–Crippen MR) is 116 cm³/mol. The topological polar surface area (TPSA) is 74.6 Å². The first-order valence-electron chi connectivity index (χ1n) is 9.98. The molecule has 1 aromatic rings. The van der Waals surface area contributed by atoms with Crippen molar-refractivity contribution in [3.63, 3.8) is 0 Å². The molecule has 0 saturated carbocycles. The number of rotatable bonds is 4. The number of carbonyl (C=O) groups is 2. The molecule has 2 N–H and O–H groups in total. The molecule has 2 aliphatic rings. The van der Waals surface area contributed by atoms with Crippen LogP contribution in [0.25, 0.3) is 0 Å². The summed E-state index contributed by atoms with van der Waals surface area (Å²) in [6, 6.07) is 7.65. The largest absolute Gasteiger partial charge is 0.512 e. The molecule has 156 valence electrons. The number of hydrogen-bond donors (Lipinski definition) is 2. The molecule has 3 rings (SSSR count). The number of aliphatic hydroxyl groups is 2. The summed E-state index contributed by atoms with van der Waals surface area (Å²) in [6.45, 7) is 7.80. The molecule has 5 heteroatoms. The van der Waals surface area contributed by atoms with Crippen LogP contribution in [0.4, 0.5) is 0 Å². The van der Waals surface area contributed by atoms with Gasteiger partial charge in [0.05, 0.1) is 0 Å². The van der Waals surface area contributed by atoms with Gasteiger partial charge in [0, 0.05) is 47.6 Å². The molecular weight excluding hydrogens is 384 g/mol. The third-order valence-corrected chi connectivity index (χ3v) is 6.56. The van der Waals surface area contributed by atoms with Crippen molar-refractivity contribution in [2.24, 2.45) is 10.8 Å². The molecule has 0 unspecified atom stereocenters. The second-order valence-electron chi connectivity index (χ2n) is 9.81. The van der Waals surface area contributed by atoms with Crippen molar-refractivity contribution >= 4 is 23.3 Å². The molecule has 1 aromatic carbocycles. The molecule has 0 radical (unpaired) electrons. The van der Waals surface area contributed by atoms with E-state index in [-0.39, 0.29) is 45.1 Å². The third kappa shape index (κ3) is 4.45. The number of thioether (sulfide) groups is 1. The summed E-state index contributed by atoms with van der Waals surface area (Å²) in [4.78, 5) is 27.3. The molecule has 0 amide bonds. The standard InChI is InChI=1S/C24H30O4S/c1-23(2)10-16(25)21(17(26)11-23)20(14-6-8-15(29-5)9-7-14)22-18(27)12-24(3,4)13-19(22)28/h6-9,20,25,27H,10-13H2,1-5H3. The number of ketones is 2. The van der Waals surface area contributed by atoms with Crippen LogP contribution < -0.4 is 0 Å². The Bertz CT molecular complexity index is 851. The van der Waals surface area contributed by atoms with E-state index in [0.29, 0.717) is 25.7 Å². The first-order valence-corrected chi connectivity index (χ1v) is 11.2. The molecule has 0 heterocycles. The molecular formula is C24H30O4S. The second kappa shape index (κ2) is 7.67. The third-order valence-electron chi connectivity index (χ3n) is 5.82. The fourth-order valence-electron chi connectivity index (χ4n) is 4.53. The summed E-state index contributed by atoms with van der Waals surface area (Å²) < 4.78 is 0. The first kappa shape index (κ1) is 21.7. The van der Waals surface area contributed by atoms with E-state index in [1.54, 1.807) is 11.8 Å². The van der Waals surface area contributed by atoms with E-state index in [4.69, 9.17) is 0 Å². The van der Waals surface area contributed by atoms with Gasteiger partial charge in [-0.05, 0) is 34.8 Å². The van der Waals surface area contributed by atoms with Crippen LogP contribution >= 0.6 is 11.8 Å². The average molecular weight is 415 g/mol. The van der Waals surface area contributed by atoms with Gasteiger partial charge >= 0.3 is 0 Å². The molecule has 0 atom stereocenters. The Labute approximate surface area is 177 Å². The number of Topliss-reactive ketones (excluding diaryl/α,β-unsaturated/α-hetero) is 2. The average Bonchev–Trinajstić information content (AvgIpc) is 2.57. The van der Waals surface area contributed by atoms with E-state index < -0.39 is 5.92 Å². The summed E-state index contributed by atoms with van der Waals surface area (Å²) in [6.07, 6.45) is 3.34. The number of hydrogen-bond acceptors (Lipinski definition) is 5. The zero-order chi connectivity index (χ0) is 21.6.